The van der Waals surface area contributed by atoms with Gasteiger partial charge in [0.2, 0.25) is 0 Å². The van der Waals surface area contributed by atoms with Crippen LogP contribution >= 0.6 is 0 Å². The largest absolute Gasteiger partial charge is 0.384 e. The highest BCUT2D eigenvalue weighted by molar-refractivity contribution is 5.86. The van der Waals surface area contributed by atoms with Crippen LogP contribution < -0.4 is 5.73 Å². The number of nitrogen functional groups attached to an aromatic ring is 1. The molecular weight excluding hydrogens is 291 g/mol. The first-order valence-corrected chi connectivity index (χ1v) is 7.15. The highest BCUT2D eigenvalue weighted by atomic mass is 19.1. The van der Waals surface area contributed by atoms with Crippen LogP contribution in [-0.4, -0.2) is 15.0 Å². The second kappa shape index (κ2) is 5.21. The number of nitrogens with two attached hydrogens (primary N) is 1. The standard InChI is InChI=1S/C18H13FN4/c19-15-9-21-10-17-14(15)7-16(23-17)12-3-1-11(2-4-12)13-5-6-18(20)22-8-13/h1-10,23H,(H2,20,22). The van der Waals surface area contributed by atoms with Gasteiger partial charge in [-0.3, -0.25) is 4.98 Å². The third-order valence-electron chi connectivity index (χ3n) is 3.81. The second-order valence-corrected chi connectivity index (χ2v) is 5.31. The fourth-order valence-electron chi connectivity index (χ4n) is 2.59. The molecular formula is C18H13FN4. The molecule has 3 N–H and O–H groups in total. The van der Waals surface area contributed by atoms with E-state index in [0.717, 1.165) is 22.4 Å². The van der Waals surface area contributed by atoms with Crippen molar-refractivity contribution in [1.82, 2.24) is 15.0 Å². The number of aromatic amines is 1. The summed E-state index contributed by atoms with van der Waals surface area (Å²) in [5.41, 5.74) is 10.2. The van der Waals surface area contributed by atoms with Crippen molar-refractivity contribution in [1.29, 1.82) is 0 Å². The summed E-state index contributed by atoms with van der Waals surface area (Å²) < 4.78 is 13.7. The summed E-state index contributed by atoms with van der Waals surface area (Å²) in [7, 11) is 0. The van der Waals surface area contributed by atoms with Crippen molar-refractivity contribution in [3.63, 3.8) is 0 Å². The number of aromatic nitrogens is 3. The summed E-state index contributed by atoms with van der Waals surface area (Å²) in [4.78, 5) is 11.1. The van der Waals surface area contributed by atoms with E-state index in [4.69, 9.17) is 5.73 Å². The van der Waals surface area contributed by atoms with E-state index in [1.165, 1.54) is 6.20 Å². The van der Waals surface area contributed by atoms with Crippen molar-refractivity contribution in [3.8, 4) is 22.4 Å². The van der Waals surface area contributed by atoms with E-state index in [1.54, 1.807) is 24.5 Å². The van der Waals surface area contributed by atoms with Crippen LogP contribution in [0, 0.1) is 5.82 Å². The lowest BCUT2D eigenvalue weighted by molar-refractivity contribution is 0.634. The summed E-state index contributed by atoms with van der Waals surface area (Å²) in [6.07, 6.45) is 4.59. The highest BCUT2D eigenvalue weighted by Crippen LogP contribution is 2.27. The lowest BCUT2D eigenvalue weighted by Gasteiger charge is -2.03. The zero-order valence-electron chi connectivity index (χ0n) is 12.1. The number of nitrogens with one attached hydrogen (secondary N) is 1. The lowest BCUT2D eigenvalue weighted by Crippen LogP contribution is -1.88. The van der Waals surface area contributed by atoms with E-state index in [2.05, 4.69) is 15.0 Å². The number of halogens is 1. The van der Waals surface area contributed by atoms with Crippen molar-refractivity contribution < 1.29 is 4.39 Å². The van der Waals surface area contributed by atoms with E-state index in [-0.39, 0.29) is 5.82 Å². The minimum Gasteiger partial charge on any atom is -0.384 e. The first-order chi connectivity index (χ1) is 11.2. The molecule has 0 saturated heterocycles. The van der Waals surface area contributed by atoms with Gasteiger partial charge in [-0.1, -0.05) is 24.3 Å². The van der Waals surface area contributed by atoms with Crippen LogP contribution in [-0.2, 0) is 0 Å². The summed E-state index contributed by atoms with van der Waals surface area (Å²) in [5, 5.41) is 0.543. The Balaban J connectivity index is 1.72. The number of benzene rings is 1. The highest BCUT2D eigenvalue weighted by Gasteiger charge is 2.07. The van der Waals surface area contributed by atoms with E-state index >= 15 is 0 Å². The molecule has 0 fully saturated rings. The number of H-pyrrole nitrogens is 1. The van der Waals surface area contributed by atoms with Crippen molar-refractivity contribution >= 4 is 16.7 Å². The van der Waals surface area contributed by atoms with Crippen molar-refractivity contribution in [2.45, 2.75) is 0 Å². The number of rotatable bonds is 2. The fourth-order valence-corrected chi connectivity index (χ4v) is 2.59. The number of anilines is 1. The van der Waals surface area contributed by atoms with Gasteiger partial charge < -0.3 is 10.7 Å². The number of hydrogen-bond donors (Lipinski definition) is 2. The van der Waals surface area contributed by atoms with Gasteiger partial charge >= 0.3 is 0 Å². The SMILES string of the molecule is Nc1ccc(-c2ccc(-c3cc4c(F)cncc4[nH]3)cc2)cn1. The van der Waals surface area contributed by atoms with Crippen LogP contribution in [0.3, 0.4) is 0 Å². The molecule has 4 aromatic rings. The normalized spacial score (nSPS) is 11.0. The molecule has 0 atom stereocenters. The van der Waals surface area contributed by atoms with E-state index < -0.39 is 0 Å². The van der Waals surface area contributed by atoms with E-state index in [0.29, 0.717) is 16.7 Å². The smallest absolute Gasteiger partial charge is 0.150 e. The molecule has 0 saturated carbocycles. The van der Waals surface area contributed by atoms with Gasteiger partial charge in [-0.15, -0.1) is 0 Å². The fraction of sp³-hybridized carbons (Fsp3) is 0. The van der Waals surface area contributed by atoms with Gasteiger partial charge in [0.15, 0.2) is 5.82 Å². The maximum Gasteiger partial charge on any atom is 0.150 e. The number of pyridine rings is 2. The zero-order chi connectivity index (χ0) is 15.8. The first-order valence-electron chi connectivity index (χ1n) is 7.15. The summed E-state index contributed by atoms with van der Waals surface area (Å²) in [5.74, 6) is 0.175. The number of nitrogens with zero attached hydrogens (tertiary/aromatic N) is 2. The number of fused-ring (bicyclic) bond motifs is 1. The van der Waals surface area contributed by atoms with Crippen molar-refractivity contribution in [2.75, 3.05) is 5.73 Å². The van der Waals surface area contributed by atoms with Crippen molar-refractivity contribution in [2.24, 2.45) is 0 Å². The molecule has 0 unspecified atom stereocenters. The molecule has 0 aliphatic carbocycles. The Kier molecular flexibility index (Phi) is 3.05. The third kappa shape index (κ3) is 2.42. The average molecular weight is 304 g/mol. The Morgan fingerprint density at radius 2 is 1.61 bits per heavy atom. The molecule has 0 aliphatic heterocycles. The average Bonchev–Trinajstić information content (AvgIpc) is 3.01. The molecule has 3 heterocycles. The summed E-state index contributed by atoms with van der Waals surface area (Å²) >= 11 is 0. The second-order valence-electron chi connectivity index (χ2n) is 5.31. The molecule has 5 heteroatoms. The van der Waals surface area contributed by atoms with Crippen molar-refractivity contribution in [3.05, 3.63) is 66.9 Å². The molecule has 23 heavy (non-hydrogen) atoms. The molecule has 0 amide bonds. The van der Waals surface area contributed by atoms with Crippen LogP contribution in [0.5, 0.6) is 0 Å². The van der Waals surface area contributed by atoms with Crippen LogP contribution in [0.1, 0.15) is 0 Å². The maximum atomic E-state index is 13.7. The predicted octanol–water partition coefficient (Wildman–Crippen LogP) is 4.01. The van der Waals surface area contributed by atoms with Gasteiger partial charge in [0.25, 0.3) is 0 Å². The van der Waals surface area contributed by atoms with Gasteiger partial charge in [0.05, 0.1) is 17.9 Å². The third-order valence-corrected chi connectivity index (χ3v) is 3.81. The molecule has 1 aromatic carbocycles. The van der Waals surface area contributed by atoms with Crippen LogP contribution in [0.25, 0.3) is 33.3 Å². The van der Waals surface area contributed by atoms with Gasteiger partial charge in [-0.2, -0.15) is 0 Å². The monoisotopic (exact) mass is 304 g/mol. The molecule has 4 nitrogen and oxygen atoms in total. The van der Waals surface area contributed by atoms with Crippen LogP contribution in [0.15, 0.2) is 61.1 Å². The van der Waals surface area contributed by atoms with Gasteiger partial charge in [0, 0.05) is 22.8 Å². The van der Waals surface area contributed by atoms with E-state index in [9.17, 15) is 4.39 Å². The summed E-state index contributed by atoms with van der Waals surface area (Å²) in [6, 6.07) is 13.5. The summed E-state index contributed by atoms with van der Waals surface area (Å²) in [6.45, 7) is 0. The molecule has 4 rings (SSSR count). The number of hydrogen-bond acceptors (Lipinski definition) is 3. The Morgan fingerprint density at radius 3 is 2.30 bits per heavy atom. The molecule has 0 radical (unpaired) electrons. The Morgan fingerprint density at radius 1 is 0.870 bits per heavy atom. The van der Waals surface area contributed by atoms with Gasteiger partial charge in [-0.05, 0) is 29.3 Å². The zero-order valence-corrected chi connectivity index (χ0v) is 12.1. The van der Waals surface area contributed by atoms with Gasteiger partial charge in [-0.25, -0.2) is 9.37 Å². The topological polar surface area (TPSA) is 67.6 Å². The van der Waals surface area contributed by atoms with Crippen LogP contribution in [0.4, 0.5) is 10.2 Å². The predicted molar refractivity (Wildman–Crippen MR) is 89.1 cm³/mol. The maximum absolute atomic E-state index is 13.7. The molecule has 112 valence electrons. The first kappa shape index (κ1) is 13.5. The van der Waals surface area contributed by atoms with E-state index in [1.807, 2.05) is 30.3 Å². The minimum atomic E-state index is -0.324. The molecule has 0 bridgehead atoms. The molecule has 3 aromatic heterocycles. The lowest BCUT2D eigenvalue weighted by atomic mass is 10.0. The van der Waals surface area contributed by atoms with Gasteiger partial charge in [0.1, 0.15) is 5.82 Å². The molecule has 0 spiro atoms. The quantitative estimate of drug-likeness (QED) is 0.588. The minimum absolute atomic E-state index is 0.324. The molecule has 0 aliphatic rings. The Labute approximate surface area is 131 Å². The van der Waals surface area contributed by atoms with Crippen LogP contribution in [0.2, 0.25) is 0 Å². The Bertz CT molecular complexity index is 972. The Hall–Kier alpha value is -3.21.